The van der Waals surface area contributed by atoms with Crippen molar-refractivity contribution in [1.82, 2.24) is 24.1 Å². The summed E-state index contributed by atoms with van der Waals surface area (Å²) in [5.74, 6) is 2.19. The molecule has 0 saturated heterocycles. The number of nitrogens with zero attached hydrogens (tertiary/aromatic N) is 5. The summed E-state index contributed by atoms with van der Waals surface area (Å²) < 4.78 is 14.9. The number of ether oxygens (including phenoxy) is 2. The Balaban J connectivity index is 1.45. The van der Waals surface area contributed by atoms with Gasteiger partial charge >= 0.3 is 0 Å². The van der Waals surface area contributed by atoms with E-state index < -0.39 is 0 Å². The Morgan fingerprint density at radius 3 is 2.37 bits per heavy atom. The molecule has 0 atom stereocenters. The summed E-state index contributed by atoms with van der Waals surface area (Å²) in [5, 5.41) is 0.504. The van der Waals surface area contributed by atoms with Gasteiger partial charge in [-0.2, -0.15) is 0 Å². The Morgan fingerprint density at radius 1 is 0.789 bits per heavy atom. The Labute approximate surface area is 218 Å². The Bertz CT molecular complexity index is 1890. The van der Waals surface area contributed by atoms with Gasteiger partial charge in [-0.15, -0.1) is 0 Å². The van der Waals surface area contributed by atoms with Gasteiger partial charge in [0.15, 0.2) is 22.8 Å². The molecule has 8 heteroatoms. The minimum atomic E-state index is -0.0817. The molecule has 0 radical (unpaired) electrons. The maximum Gasteiger partial charge on any atom is 0.265 e. The fourth-order valence-corrected chi connectivity index (χ4v) is 5.19. The molecule has 0 aliphatic carbocycles. The monoisotopic (exact) mass is 503 g/mol. The first kappa shape index (κ1) is 22.5. The molecule has 7 rings (SSSR count). The van der Waals surface area contributed by atoms with E-state index in [1.807, 2.05) is 72.2 Å². The summed E-state index contributed by atoms with van der Waals surface area (Å²) in [4.78, 5) is 29.0. The van der Waals surface area contributed by atoms with Gasteiger partial charge in [0, 0.05) is 13.0 Å². The highest BCUT2D eigenvalue weighted by Crippen LogP contribution is 2.34. The molecule has 3 aromatic carbocycles. The lowest BCUT2D eigenvalue weighted by Gasteiger charge is -2.13. The van der Waals surface area contributed by atoms with E-state index in [9.17, 15) is 4.79 Å². The van der Waals surface area contributed by atoms with Crippen molar-refractivity contribution in [1.29, 1.82) is 0 Å². The first-order valence-corrected chi connectivity index (χ1v) is 12.8. The van der Waals surface area contributed by atoms with Crippen LogP contribution in [-0.4, -0.2) is 30.9 Å². The van der Waals surface area contributed by atoms with Crippen LogP contribution in [-0.2, 0) is 25.9 Å². The van der Waals surface area contributed by atoms with Crippen molar-refractivity contribution in [3.05, 3.63) is 100 Å². The molecule has 0 unspecified atom stereocenters. The van der Waals surface area contributed by atoms with Gasteiger partial charge in [0.25, 0.3) is 5.56 Å². The van der Waals surface area contributed by atoms with Gasteiger partial charge in [-0.25, -0.2) is 15.0 Å². The molecule has 3 aromatic heterocycles. The third-order valence-electron chi connectivity index (χ3n) is 7.09. The normalized spacial score (nSPS) is 12.7. The topological polar surface area (TPSA) is 84.1 Å². The van der Waals surface area contributed by atoms with Crippen molar-refractivity contribution in [2.45, 2.75) is 32.9 Å². The second-order valence-electron chi connectivity index (χ2n) is 9.43. The van der Waals surface area contributed by atoms with Gasteiger partial charge in [-0.1, -0.05) is 55.5 Å². The highest BCUT2D eigenvalue weighted by atomic mass is 16.7. The van der Waals surface area contributed by atoms with Crippen LogP contribution in [0.4, 0.5) is 0 Å². The summed E-state index contributed by atoms with van der Waals surface area (Å²) in [6, 6.07) is 23.8. The number of aryl methyl sites for hydroxylation is 2. The van der Waals surface area contributed by atoms with Gasteiger partial charge in [0.1, 0.15) is 16.7 Å². The molecule has 1 aliphatic heterocycles. The zero-order valence-electron chi connectivity index (χ0n) is 20.9. The van der Waals surface area contributed by atoms with Crippen LogP contribution in [0.3, 0.4) is 0 Å². The quantitative estimate of drug-likeness (QED) is 0.322. The van der Waals surface area contributed by atoms with E-state index >= 15 is 0 Å². The number of hydrogen-bond donors (Lipinski definition) is 0. The number of aromatic nitrogens is 5. The van der Waals surface area contributed by atoms with Gasteiger partial charge in [-0.05, 0) is 41.8 Å². The van der Waals surface area contributed by atoms with Gasteiger partial charge in [0.05, 0.1) is 17.6 Å². The van der Waals surface area contributed by atoms with Crippen LogP contribution < -0.4 is 15.0 Å². The third-order valence-corrected chi connectivity index (χ3v) is 7.09. The van der Waals surface area contributed by atoms with Crippen LogP contribution in [0.25, 0.3) is 33.2 Å². The maximum atomic E-state index is 14.1. The first-order valence-electron chi connectivity index (χ1n) is 12.8. The van der Waals surface area contributed by atoms with E-state index in [1.165, 1.54) is 5.56 Å². The van der Waals surface area contributed by atoms with Gasteiger partial charge in [-0.3, -0.25) is 9.36 Å². The average Bonchev–Trinajstić information content (AvgIpc) is 3.54. The van der Waals surface area contributed by atoms with E-state index in [4.69, 9.17) is 24.4 Å². The molecular formula is C30H25N5O3. The van der Waals surface area contributed by atoms with Crippen LogP contribution in [0.2, 0.25) is 0 Å². The fourth-order valence-electron chi connectivity index (χ4n) is 5.19. The van der Waals surface area contributed by atoms with E-state index in [1.54, 1.807) is 4.57 Å². The molecule has 188 valence electrons. The molecule has 0 spiro atoms. The van der Waals surface area contributed by atoms with E-state index in [-0.39, 0.29) is 12.4 Å². The highest BCUT2D eigenvalue weighted by molar-refractivity contribution is 6.04. The third kappa shape index (κ3) is 3.68. The molecule has 0 saturated carbocycles. The SMILES string of the molecule is CCc1nc2c(c(=O)n1CCc1ccccc1)c1nc3ccccc3nc1n2Cc1ccc2c(c1)OCO2. The zero-order valence-corrected chi connectivity index (χ0v) is 20.9. The summed E-state index contributed by atoms with van der Waals surface area (Å²) in [6.45, 7) is 3.26. The molecule has 38 heavy (non-hydrogen) atoms. The maximum absolute atomic E-state index is 14.1. The Morgan fingerprint density at radius 2 is 1.55 bits per heavy atom. The van der Waals surface area contributed by atoms with Gasteiger partial charge in [0.2, 0.25) is 6.79 Å². The van der Waals surface area contributed by atoms with Crippen LogP contribution in [0.5, 0.6) is 11.5 Å². The first-order chi connectivity index (χ1) is 18.7. The Hall–Kier alpha value is -4.72. The van der Waals surface area contributed by atoms with E-state index in [2.05, 4.69) is 12.1 Å². The highest BCUT2D eigenvalue weighted by Gasteiger charge is 2.23. The second kappa shape index (κ2) is 8.99. The minimum Gasteiger partial charge on any atom is -0.454 e. The molecule has 0 bridgehead atoms. The largest absolute Gasteiger partial charge is 0.454 e. The lowest BCUT2D eigenvalue weighted by atomic mass is 10.1. The lowest BCUT2D eigenvalue weighted by molar-refractivity contribution is 0.174. The molecule has 0 amide bonds. The van der Waals surface area contributed by atoms with Crippen molar-refractivity contribution in [3.8, 4) is 11.5 Å². The standard InChI is InChI=1S/C30H25N5O3/c1-2-25-33-28-26(30(36)34(25)15-14-19-8-4-3-5-9-19)27-29(32-22-11-7-6-10-21(22)31-27)35(28)17-20-12-13-23-24(16-20)38-18-37-23/h3-13,16H,2,14-15,17-18H2,1H3. The predicted molar refractivity (Wildman–Crippen MR) is 146 cm³/mol. The van der Waals surface area contributed by atoms with Crippen molar-refractivity contribution < 1.29 is 9.47 Å². The van der Waals surface area contributed by atoms with Crippen LogP contribution in [0.1, 0.15) is 23.9 Å². The van der Waals surface area contributed by atoms with Crippen LogP contribution in [0, 0.1) is 0 Å². The van der Waals surface area contributed by atoms with Crippen molar-refractivity contribution in [2.24, 2.45) is 0 Å². The molecule has 8 nitrogen and oxygen atoms in total. The smallest absolute Gasteiger partial charge is 0.265 e. The number of hydrogen-bond acceptors (Lipinski definition) is 6. The lowest BCUT2D eigenvalue weighted by Crippen LogP contribution is -2.26. The summed E-state index contributed by atoms with van der Waals surface area (Å²) >= 11 is 0. The van der Waals surface area contributed by atoms with Crippen LogP contribution >= 0.6 is 0 Å². The minimum absolute atomic E-state index is 0.0817. The van der Waals surface area contributed by atoms with Gasteiger partial charge < -0.3 is 14.0 Å². The molecule has 6 aromatic rings. The molecule has 1 aliphatic rings. The number of fused-ring (bicyclic) bond motifs is 5. The molecule has 4 heterocycles. The summed E-state index contributed by atoms with van der Waals surface area (Å²) in [7, 11) is 0. The number of benzene rings is 3. The van der Waals surface area contributed by atoms with Crippen molar-refractivity contribution in [2.75, 3.05) is 6.79 Å². The average molecular weight is 504 g/mol. The molecule has 0 N–H and O–H groups in total. The molecule has 0 fully saturated rings. The summed E-state index contributed by atoms with van der Waals surface area (Å²) in [6.07, 6.45) is 1.37. The second-order valence-corrected chi connectivity index (χ2v) is 9.43. The van der Waals surface area contributed by atoms with Crippen LogP contribution in [0.15, 0.2) is 77.6 Å². The van der Waals surface area contributed by atoms with Crippen molar-refractivity contribution in [3.63, 3.8) is 0 Å². The predicted octanol–water partition coefficient (Wildman–Crippen LogP) is 4.88. The number of para-hydroxylation sites is 2. The van der Waals surface area contributed by atoms with E-state index in [0.29, 0.717) is 47.5 Å². The zero-order chi connectivity index (χ0) is 25.6. The fraction of sp³-hybridized carbons (Fsp3) is 0.200. The Kier molecular flexibility index (Phi) is 5.32. The van der Waals surface area contributed by atoms with E-state index in [0.717, 1.165) is 34.6 Å². The number of rotatable bonds is 6. The molecular weight excluding hydrogens is 478 g/mol. The summed E-state index contributed by atoms with van der Waals surface area (Å²) in [5.41, 5.74) is 5.44. The van der Waals surface area contributed by atoms with Crippen molar-refractivity contribution >= 4 is 33.2 Å².